The molecule has 0 saturated carbocycles. The van der Waals surface area contributed by atoms with Gasteiger partial charge in [-0.15, -0.1) is 0 Å². The highest BCUT2D eigenvalue weighted by Crippen LogP contribution is 2.22. The SMILES string of the molecule is C=CCOC(=O)Nc1c(C(=O)OCC)cnn1-c1ccc2ccccc2n1. The Hall–Kier alpha value is -3.68. The summed E-state index contributed by atoms with van der Waals surface area (Å²) in [5.41, 5.74) is 0.853. The van der Waals surface area contributed by atoms with Crippen molar-refractivity contribution in [2.24, 2.45) is 0 Å². The number of nitrogens with zero attached hydrogens (tertiary/aromatic N) is 3. The number of fused-ring (bicyclic) bond motifs is 1. The quantitative estimate of drug-likeness (QED) is 0.531. The number of ether oxygens (including phenoxy) is 2. The van der Waals surface area contributed by atoms with Crippen LogP contribution in [0.5, 0.6) is 0 Å². The van der Waals surface area contributed by atoms with Crippen molar-refractivity contribution in [2.75, 3.05) is 18.5 Å². The summed E-state index contributed by atoms with van der Waals surface area (Å²) < 4.78 is 11.3. The van der Waals surface area contributed by atoms with E-state index in [1.165, 1.54) is 17.0 Å². The maximum absolute atomic E-state index is 12.2. The second kappa shape index (κ2) is 8.13. The smallest absolute Gasteiger partial charge is 0.413 e. The molecular weight excluding hydrogens is 348 g/mol. The van der Waals surface area contributed by atoms with E-state index >= 15 is 0 Å². The number of esters is 1. The fourth-order valence-corrected chi connectivity index (χ4v) is 2.44. The number of para-hydroxylation sites is 1. The fourth-order valence-electron chi connectivity index (χ4n) is 2.44. The zero-order valence-electron chi connectivity index (χ0n) is 14.7. The van der Waals surface area contributed by atoms with E-state index in [2.05, 4.69) is 22.0 Å². The van der Waals surface area contributed by atoms with Crippen LogP contribution in [0.3, 0.4) is 0 Å². The summed E-state index contributed by atoms with van der Waals surface area (Å²) in [7, 11) is 0. The summed E-state index contributed by atoms with van der Waals surface area (Å²) >= 11 is 0. The number of benzene rings is 1. The minimum atomic E-state index is -0.747. The number of carbonyl (C=O) groups excluding carboxylic acids is 2. The molecule has 1 amide bonds. The molecule has 2 heterocycles. The van der Waals surface area contributed by atoms with Gasteiger partial charge in [0.1, 0.15) is 12.2 Å². The van der Waals surface area contributed by atoms with E-state index in [-0.39, 0.29) is 24.6 Å². The molecular formula is C19H18N4O4. The Kier molecular flexibility index (Phi) is 5.46. The molecule has 27 heavy (non-hydrogen) atoms. The van der Waals surface area contributed by atoms with Gasteiger partial charge in [-0.3, -0.25) is 5.32 Å². The second-order valence-corrected chi connectivity index (χ2v) is 5.41. The number of anilines is 1. The van der Waals surface area contributed by atoms with Crippen LogP contribution in [0.4, 0.5) is 10.6 Å². The molecule has 138 valence electrons. The van der Waals surface area contributed by atoms with Crippen LogP contribution in [-0.2, 0) is 9.47 Å². The van der Waals surface area contributed by atoms with Crippen LogP contribution in [0.1, 0.15) is 17.3 Å². The first-order chi connectivity index (χ1) is 13.1. The zero-order chi connectivity index (χ0) is 19.2. The molecule has 3 aromatic rings. The predicted octanol–water partition coefficient (Wildman–Crippen LogP) is 3.33. The molecule has 2 aromatic heterocycles. The Labute approximate surface area is 155 Å². The summed E-state index contributed by atoms with van der Waals surface area (Å²) in [5.74, 6) is -0.0582. The molecule has 3 rings (SSSR count). The maximum Gasteiger partial charge on any atom is 0.413 e. The van der Waals surface area contributed by atoms with Gasteiger partial charge >= 0.3 is 12.1 Å². The molecule has 0 unspecified atom stereocenters. The Balaban J connectivity index is 2.03. The normalized spacial score (nSPS) is 10.4. The number of aromatic nitrogens is 3. The minimum Gasteiger partial charge on any atom is -0.462 e. The molecule has 0 atom stereocenters. The average Bonchev–Trinajstić information content (AvgIpc) is 3.09. The Morgan fingerprint density at radius 1 is 1.22 bits per heavy atom. The topological polar surface area (TPSA) is 95.3 Å². The Morgan fingerprint density at radius 2 is 2.04 bits per heavy atom. The molecule has 0 saturated heterocycles. The molecule has 0 aliphatic carbocycles. The number of rotatable bonds is 6. The third kappa shape index (κ3) is 3.95. The summed E-state index contributed by atoms with van der Waals surface area (Å²) in [6.45, 7) is 5.40. The number of hydrogen-bond acceptors (Lipinski definition) is 6. The van der Waals surface area contributed by atoms with Crippen LogP contribution < -0.4 is 5.32 Å². The van der Waals surface area contributed by atoms with Crippen molar-refractivity contribution in [1.29, 1.82) is 0 Å². The van der Waals surface area contributed by atoms with Crippen molar-refractivity contribution < 1.29 is 19.1 Å². The third-order valence-electron chi connectivity index (χ3n) is 3.62. The standard InChI is InChI=1S/C19H18N4O4/c1-3-11-27-19(25)22-17-14(18(24)26-4-2)12-20-23(17)16-10-9-13-7-5-6-8-15(13)21-16/h3,5-10,12H,1,4,11H2,2H3,(H,22,25). The van der Waals surface area contributed by atoms with E-state index in [1.54, 1.807) is 13.0 Å². The number of pyridine rings is 1. The van der Waals surface area contributed by atoms with E-state index in [1.807, 2.05) is 30.3 Å². The van der Waals surface area contributed by atoms with Crippen molar-refractivity contribution in [3.63, 3.8) is 0 Å². The van der Waals surface area contributed by atoms with Gasteiger partial charge in [0.05, 0.1) is 18.3 Å². The highest BCUT2D eigenvalue weighted by molar-refractivity contribution is 5.99. The molecule has 0 radical (unpaired) electrons. The maximum atomic E-state index is 12.2. The van der Waals surface area contributed by atoms with E-state index in [4.69, 9.17) is 9.47 Å². The van der Waals surface area contributed by atoms with Crippen molar-refractivity contribution in [3.05, 3.63) is 60.8 Å². The second-order valence-electron chi connectivity index (χ2n) is 5.41. The van der Waals surface area contributed by atoms with Crippen LogP contribution >= 0.6 is 0 Å². The van der Waals surface area contributed by atoms with Crippen molar-refractivity contribution in [3.8, 4) is 5.82 Å². The van der Waals surface area contributed by atoms with Gasteiger partial charge in [0.15, 0.2) is 11.6 Å². The molecule has 8 nitrogen and oxygen atoms in total. The highest BCUT2D eigenvalue weighted by Gasteiger charge is 2.22. The van der Waals surface area contributed by atoms with E-state index in [0.29, 0.717) is 5.82 Å². The summed E-state index contributed by atoms with van der Waals surface area (Å²) in [6.07, 6.45) is 2.01. The van der Waals surface area contributed by atoms with Crippen LogP contribution in [0.25, 0.3) is 16.7 Å². The van der Waals surface area contributed by atoms with Crippen LogP contribution in [0.2, 0.25) is 0 Å². The fraction of sp³-hybridized carbons (Fsp3) is 0.158. The molecule has 0 aliphatic heterocycles. The first-order valence-electron chi connectivity index (χ1n) is 8.30. The Morgan fingerprint density at radius 3 is 2.81 bits per heavy atom. The summed E-state index contributed by atoms with van der Waals surface area (Å²) in [4.78, 5) is 28.8. The lowest BCUT2D eigenvalue weighted by atomic mass is 10.2. The van der Waals surface area contributed by atoms with E-state index < -0.39 is 12.1 Å². The van der Waals surface area contributed by atoms with Gasteiger partial charge in [-0.25, -0.2) is 14.6 Å². The lowest BCUT2D eigenvalue weighted by Gasteiger charge is -2.11. The molecule has 0 spiro atoms. The first kappa shape index (κ1) is 18.1. The highest BCUT2D eigenvalue weighted by atomic mass is 16.5. The van der Waals surface area contributed by atoms with Crippen molar-refractivity contribution in [2.45, 2.75) is 6.92 Å². The van der Waals surface area contributed by atoms with E-state index in [9.17, 15) is 9.59 Å². The van der Waals surface area contributed by atoms with Crippen molar-refractivity contribution >= 4 is 28.8 Å². The van der Waals surface area contributed by atoms with Crippen LogP contribution in [0.15, 0.2) is 55.3 Å². The summed E-state index contributed by atoms with van der Waals surface area (Å²) in [5, 5.41) is 7.68. The number of amides is 1. The van der Waals surface area contributed by atoms with Gasteiger partial charge in [-0.05, 0) is 25.1 Å². The molecule has 0 fully saturated rings. The monoisotopic (exact) mass is 366 g/mol. The van der Waals surface area contributed by atoms with Gasteiger partial charge < -0.3 is 9.47 Å². The van der Waals surface area contributed by atoms with Gasteiger partial charge in [-0.2, -0.15) is 9.78 Å². The largest absolute Gasteiger partial charge is 0.462 e. The molecule has 1 aromatic carbocycles. The predicted molar refractivity (Wildman–Crippen MR) is 100.0 cm³/mol. The zero-order valence-corrected chi connectivity index (χ0v) is 14.7. The van der Waals surface area contributed by atoms with Crippen LogP contribution in [0, 0.1) is 0 Å². The Bertz CT molecular complexity index is 996. The molecule has 1 N–H and O–H groups in total. The van der Waals surface area contributed by atoms with Gasteiger partial charge in [0.2, 0.25) is 0 Å². The number of hydrogen-bond donors (Lipinski definition) is 1. The lowest BCUT2D eigenvalue weighted by Crippen LogP contribution is -2.19. The van der Waals surface area contributed by atoms with E-state index in [0.717, 1.165) is 10.9 Å². The van der Waals surface area contributed by atoms with Gasteiger partial charge in [-0.1, -0.05) is 30.9 Å². The molecule has 8 heteroatoms. The van der Waals surface area contributed by atoms with Gasteiger partial charge in [0, 0.05) is 5.39 Å². The summed E-state index contributed by atoms with van der Waals surface area (Å²) in [6, 6.07) is 11.2. The number of nitrogens with one attached hydrogen (secondary N) is 1. The van der Waals surface area contributed by atoms with Crippen molar-refractivity contribution in [1.82, 2.24) is 14.8 Å². The van der Waals surface area contributed by atoms with Crippen LogP contribution in [-0.4, -0.2) is 40.0 Å². The lowest BCUT2D eigenvalue weighted by molar-refractivity contribution is 0.0527. The third-order valence-corrected chi connectivity index (χ3v) is 3.62. The first-order valence-corrected chi connectivity index (χ1v) is 8.30. The number of carbonyl (C=O) groups is 2. The molecule has 0 aliphatic rings. The van der Waals surface area contributed by atoms with Gasteiger partial charge in [0.25, 0.3) is 0 Å². The molecule has 0 bridgehead atoms. The average molecular weight is 366 g/mol. The minimum absolute atomic E-state index is 0.0307.